The fourth-order valence-electron chi connectivity index (χ4n) is 5.97. The monoisotopic (exact) mass is 512 g/mol. The largest absolute Gasteiger partial charge is 0.422 e. The van der Waals surface area contributed by atoms with E-state index in [9.17, 15) is 18.0 Å². The molecule has 0 N–H and O–H groups in total. The van der Waals surface area contributed by atoms with Crippen LogP contribution in [-0.4, -0.2) is 18.1 Å². The lowest BCUT2D eigenvalue weighted by atomic mass is 9.67. The Morgan fingerprint density at radius 1 is 1.14 bits per heavy atom. The van der Waals surface area contributed by atoms with Gasteiger partial charge in [0.15, 0.2) is 0 Å². The molecular weight excluding hydrogens is 485 g/mol. The van der Waals surface area contributed by atoms with E-state index in [4.69, 9.17) is 4.42 Å². The zero-order chi connectivity index (χ0) is 25.6. The standard InChI is InChI=1S/C28H27F3N2O2S/c1-5-27(4)11-13-33-12-10-26(2,3)21-22(33)16(27)14-15-20(28(29,30)31)19(25(34)35-23(15)21)24-32-17-8-6-7-9-18(17)36-24/h6-9,14H,5,10-13H2,1-4H3. The number of hydrogen-bond donors (Lipinski definition) is 0. The van der Waals surface area contributed by atoms with Crippen molar-refractivity contribution in [2.75, 3.05) is 18.0 Å². The average Bonchev–Trinajstić information content (AvgIpc) is 3.24. The predicted molar refractivity (Wildman–Crippen MR) is 138 cm³/mol. The number of para-hydroxylation sites is 1. The van der Waals surface area contributed by atoms with Crippen LogP contribution in [-0.2, 0) is 17.0 Å². The number of thiazole rings is 1. The first kappa shape index (κ1) is 23.5. The van der Waals surface area contributed by atoms with Crippen molar-refractivity contribution in [2.45, 2.75) is 64.0 Å². The second kappa shape index (κ2) is 7.57. The van der Waals surface area contributed by atoms with Crippen molar-refractivity contribution in [1.82, 2.24) is 4.98 Å². The van der Waals surface area contributed by atoms with Crippen LogP contribution in [0.4, 0.5) is 18.9 Å². The number of aromatic nitrogens is 1. The predicted octanol–water partition coefficient (Wildman–Crippen LogP) is 7.65. The molecule has 2 aliphatic heterocycles. The van der Waals surface area contributed by atoms with Crippen molar-refractivity contribution in [2.24, 2.45) is 0 Å². The van der Waals surface area contributed by atoms with E-state index in [0.717, 1.165) is 65.2 Å². The molecule has 2 aromatic heterocycles. The molecular formula is C28H27F3N2O2S. The highest BCUT2D eigenvalue weighted by Crippen LogP contribution is 2.54. The van der Waals surface area contributed by atoms with E-state index in [1.165, 1.54) is 0 Å². The molecule has 188 valence electrons. The molecule has 0 saturated heterocycles. The maximum Gasteiger partial charge on any atom is 0.418 e. The molecule has 0 amide bonds. The Bertz CT molecular complexity index is 1570. The fraction of sp³-hybridized carbons (Fsp3) is 0.429. The van der Waals surface area contributed by atoms with Crippen LogP contribution >= 0.6 is 11.3 Å². The number of hydrogen-bond acceptors (Lipinski definition) is 5. The topological polar surface area (TPSA) is 46.3 Å². The van der Waals surface area contributed by atoms with Gasteiger partial charge in [0.1, 0.15) is 16.2 Å². The first-order chi connectivity index (χ1) is 16.9. The third-order valence-electron chi connectivity index (χ3n) is 8.33. The molecule has 0 fully saturated rings. The Morgan fingerprint density at radius 3 is 2.56 bits per heavy atom. The summed E-state index contributed by atoms with van der Waals surface area (Å²) in [4.78, 5) is 20.1. The minimum absolute atomic E-state index is 0.0321. The molecule has 1 atom stereocenters. The van der Waals surface area contributed by atoms with Crippen molar-refractivity contribution in [3.05, 3.63) is 57.4 Å². The second-order valence-corrected chi connectivity index (χ2v) is 12.0. The third-order valence-corrected chi connectivity index (χ3v) is 9.38. The molecule has 36 heavy (non-hydrogen) atoms. The molecule has 8 heteroatoms. The van der Waals surface area contributed by atoms with Crippen LogP contribution in [0, 0.1) is 0 Å². The Hall–Kier alpha value is -2.87. The van der Waals surface area contributed by atoms with Crippen LogP contribution < -0.4 is 10.5 Å². The van der Waals surface area contributed by atoms with Crippen LogP contribution in [0.3, 0.4) is 0 Å². The molecule has 6 rings (SSSR count). The number of halogens is 3. The SMILES string of the molecule is CCC1(C)CCN2CCC(C)(C)c3c2c1cc1c(C(F)(F)F)c(-c2nc4ccccc4s2)c(=O)oc31. The van der Waals surface area contributed by atoms with E-state index in [-0.39, 0.29) is 21.4 Å². The highest BCUT2D eigenvalue weighted by atomic mass is 32.1. The van der Waals surface area contributed by atoms with Gasteiger partial charge in [0.05, 0.1) is 15.8 Å². The van der Waals surface area contributed by atoms with Crippen LogP contribution in [0.15, 0.2) is 39.5 Å². The van der Waals surface area contributed by atoms with E-state index in [1.54, 1.807) is 30.3 Å². The molecule has 4 heterocycles. The molecule has 0 saturated carbocycles. The summed E-state index contributed by atoms with van der Waals surface area (Å²) >= 11 is 1.08. The van der Waals surface area contributed by atoms with Gasteiger partial charge in [-0.15, -0.1) is 11.3 Å². The Morgan fingerprint density at radius 2 is 1.86 bits per heavy atom. The van der Waals surface area contributed by atoms with Gasteiger partial charge in [0.2, 0.25) is 0 Å². The lowest BCUT2D eigenvalue weighted by molar-refractivity contribution is -0.136. The van der Waals surface area contributed by atoms with Crippen molar-refractivity contribution < 1.29 is 17.6 Å². The summed E-state index contributed by atoms with van der Waals surface area (Å²) in [6.45, 7) is 9.96. The molecule has 2 aromatic carbocycles. The van der Waals surface area contributed by atoms with Gasteiger partial charge < -0.3 is 9.32 Å². The van der Waals surface area contributed by atoms with Crippen molar-refractivity contribution in [3.63, 3.8) is 0 Å². The van der Waals surface area contributed by atoms with Gasteiger partial charge in [-0.3, -0.25) is 0 Å². The van der Waals surface area contributed by atoms with Gasteiger partial charge >= 0.3 is 11.8 Å². The lowest BCUT2D eigenvalue weighted by Crippen LogP contribution is -2.45. The van der Waals surface area contributed by atoms with Gasteiger partial charge in [0, 0.05) is 29.7 Å². The maximum absolute atomic E-state index is 14.9. The number of fused-ring (bicyclic) bond motifs is 3. The molecule has 0 bridgehead atoms. The number of rotatable bonds is 2. The number of anilines is 1. The second-order valence-electron chi connectivity index (χ2n) is 10.9. The summed E-state index contributed by atoms with van der Waals surface area (Å²) in [7, 11) is 0. The van der Waals surface area contributed by atoms with Gasteiger partial charge in [-0.25, -0.2) is 9.78 Å². The van der Waals surface area contributed by atoms with Crippen LogP contribution in [0.5, 0.6) is 0 Å². The zero-order valence-electron chi connectivity index (χ0n) is 20.7. The molecule has 1 unspecified atom stereocenters. The average molecular weight is 513 g/mol. The molecule has 0 spiro atoms. The van der Waals surface area contributed by atoms with E-state index >= 15 is 0 Å². The molecule has 0 radical (unpaired) electrons. The van der Waals surface area contributed by atoms with E-state index in [2.05, 4.69) is 23.7 Å². The van der Waals surface area contributed by atoms with Crippen molar-refractivity contribution in [1.29, 1.82) is 0 Å². The summed E-state index contributed by atoms with van der Waals surface area (Å²) in [5, 5.41) is -0.00807. The Labute approximate surface area is 210 Å². The van der Waals surface area contributed by atoms with Crippen LogP contribution in [0.25, 0.3) is 31.8 Å². The Balaban J connectivity index is 1.80. The summed E-state index contributed by atoms with van der Waals surface area (Å²) in [6, 6.07) is 8.75. The van der Waals surface area contributed by atoms with Crippen LogP contribution in [0.1, 0.15) is 63.6 Å². The van der Waals surface area contributed by atoms with Gasteiger partial charge in [-0.2, -0.15) is 13.2 Å². The Kier molecular flexibility index (Phi) is 4.95. The van der Waals surface area contributed by atoms with Gasteiger partial charge in [-0.1, -0.05) is 39.8 Å². The summed E-state index contributed by atoms with van der Waals surface area (Å²) in [5.74, 6) is 0. The summed E-state index contributed by atoms with van der Waals surface area (Å²) in [6.07, 6.45) is -2.32. The summed E-state index contributed by atoms with van der Waals surface area (Å²) in [5.41, 5.74) is 0.0729. The fourth-order valence-corrected chi connectivity index (χ4v) is 6.97. The summed E-state index contributed by atoms with van der Waals surface area (Å²) < 4.78 is 51.3. The normalized spacial score (nSPS) is 21.2. The number of nitrogens with zero attached hydrogens (tertiary/aromatic N) is 2. The van der Waals surface area contributed by atoms with E-state index < -0.39 is 28.3 Å². The molecule has 0 aliphatic carbocycles. The maximum atomic E-state index is 14.9. The van der Waals surface area contributed by atoms with Gasteiger partial charge in [0.25, 0.3) is 0 Å². The van der Waals surface area contributed by atoms with Gasteiger partial charge in [-0.05, 0) is 53.9 Å². The first-order valence-corrected chi connectivity index (χ1v) is 13.1. The van der Waals surface area contributed by atoms with E-state index in [1.807, 2.05) is 13.8 Å². The smallest absolute Gasteiger partial charge is 0.418 e. The first-order valence-electron chi connectivity index (χ1n) is 12.3. The lowest BCUT2D eigenvalue weighted by Gasteiger charge is -2.49. The minimum atomic E-state index is -4.77. The number of alkyl halides is 3. The van der Waals surface area contributed by atoms with Crippen molar-refractivity contribution >= 4 is 38.2 Å². The van der Waals surface area contributed by atoms with Crippen LogP contribution in [0.2, 0.25) is 0 Å². The zero-order valence-corrected chi connectivity index (χ0v) is 21.5. The highest BCUT2D eigenvalue weighted by Gasteiger charge is 2.46. The molecule has 4 nitrogen and oxygen atoms in total. The quantitative estimate of drug-likeness (QED) is 0.259. The molecule has 2 aliphatic rings. The molecule has 4 aromatic rings. The minimum Gasteiger partial charge on any atom is -0.422 e. The van der Waals surface area contributed by atoms with Crippen molar-refractivity contribution in [3.8, 4) is 10.6 Å². The number of benzene rings is 2. The highest BCUT2D eigenvalue weighted by molar-refractivity contribution is 7.21. The third kappa shape index (κ3) is 3.26. The van der Waals surface area contributed by atoms with E-state index in [0.29, 0.717) is 5.52 Å².